The molecule has 0 unspecified atom stereocenters. The summed E-state index contributed by atoms with van der Waals surface area (Å²) in [4.78, 5) is 37.6. The molecule has 1 saturated heterocycles. The van der Waals surface area contributed by atoms with E-state index in [-0.39, 0.29) is 18.1 Å². The number of rotatable bonds is 8. The number of carbonyl (C=O) groups excluding carboxylic acids is 3. The molecule has 0 bridgehead atoms. The summed E-state index contributed by atoms with van der Waals surface area (Å²) < 4.78 is 16.3. The van der Waals surface area contributed by atoms with Gasteiger partial charge in [-0.2, -0.15) is 0 Å². The highest BCUT2D eigenvalue weighted by atomic mass is 35.5. The minimum Gasteiger partial charge on any atom is -0.493 e. The fourth-order valence-electron chi connectivity index (χ4n) is 3.57. The van der Waals surface area contributed by atoms with E-state index in [2.05, 4.69) is 6.07 Å². The minimum absolute atomic E-state index is 0.165. The fraction of sp³-hybridized carbons (Fsp3) is 0.192. The summed E-state index contributed by atoms with van der Waals surface area (Å²) >= 11 is 7.24. The molecular weight excluding hydrogens is 490 g/mol. The molecular formula is C26H22ClNO6S. The molecule has 2 amide bonds. The van der Waals surface area contributed by atoms with Gasteiger partial charge in [-0.25, -0.2) is 0 Å². The van der Waals surface area contributed by atoms with Crippen LogP contribution in [0.1, 0.15) is 18.1 Å². The van der Waals surface area contributed by atoms with Crippen LogP contribution in [-0.2, 0) is 20.9 Å². The molecule has 0 saturated carbocycles. The molecule has 0 spiro atoms. The monoisotopic (exact) mass is 511 g/mol. The van der Waals surface area contributed by atoms with Gasteiger partial charge < -0.3 is 14.2 Å². The van der Waals surface area contributed by atoms with Gasteiger partial charge >= 0.3 is 5.97 Å². The topological polar surface area (TPSA) is 82.1 Å². The summed E-state index contributed by atoms with van der Waals surface area (Å²) in [7, 11) is 1.49. The van der Waals surface area contributed by atoms with Crippen molar-refractivity contribution in [1.82, 2.24) is 4.90 Å². The largest absolute Gasteiger partial charge is 0.493 e. The Hall–Kier alpha value is -3.49. The Balaban J connectivity index is 1.52. The third-order valence-electron chi connectivity index (χ3n) is 5.21. The molecule has 0 aromatic heterocycles. The van der Waals surface area contributed by atoms with Gasteiger partial charge in [-0.1, -0.05) is 48.0 Å². The maximum absolute atomic E-state index is 12.6. The van der Waals surface area contributed by atoms with Crippen LogP contribution in [0.25, 0.3) is 16.8 Å². The third-order valence-corrected chi connectivity index (χ3v) is 6.40. The quantitative estimate of drug-likeness (QED) is 0.284. The molecule has 3 aromatic rings. The summed E-state index contributed by atoms with van der Waals surface area (Å²) in [5.74, 6) is -0.460. The summed E-state index contributed by atoms with van der Waals surface area (Å²) in [6.45, 7) is 1.67. The molecule has 0 radical (unpaired) electrons. The van der Waals surface area contributed by atoms with Gasteiger partial charge in [0.2, 0.25) is 0 Å². The number of nitrogens with zero attached hydrogens (tertiary/aromatic N) is 1. The van der Waals surface area contributed by atoms with E-state index in [0.29, 0.717) is 22.1 Å². The van der Waals surface area contributed by atoms with E-state index < -0.39 is 23.7 Å². The molecule has 0 atom stereocenters. The SMILES string of the molecule is CCOC(=O)CN1C(=O)S/C(=C/c2cc(Cl)c(OCc3ccc4ccccc4c3)c(OC)c2)C1=O. The zero-order chi connectivity index (χ0) is 24.9. The Labute approximate surface area is 211 Å². The lowest BCUT2D eigenvalue weighted by molar-refractivity contribution is -0.145. The Bertz CT molecular complexity index is 1340. The number of imide groups is 1. The molecule has 1 heterocycles. The van der Waals surface area contributed by atoms with Crippen LogP contribution in [0.15, 0.2) is 59.5 Å². The van der Waals surface area contributed by atoms with Crippen molar-refractivity contribution in [3.63, 3.8) is 0 Å². The normalized spacial score (nSPS) is 14.6. The standard InChI is InChI=1S/C26H22ClNO6S/c1-3-33-23(29)14-28-25(30)22(35-26(28)31)13-17-11-20(27)24(21(12-17)32-2)34-15-16-8-9-18-6-4-5-7-19(18)10-16/h4-13H,3,14-15H2,1-2H3/b22-13+. The number of thioether (sulfide) groups is 1. The van der Waals surface area contributed by atoms with Crippen molar-refractivity contribution in [2.45, 2.75) is 13.5 Å². The van der Waals surface area contributed by atoms with E-state index in [1.807, 2.05) is 36.4 Å². The Kier molecular flexibility index (Phi) is 7.63. The van der Waals surface area contributed by atoms with E-state index in [0.717, 1.165) is 33.0 Å². The molecule has 35 heavy (non-hydrogen) atoms. The number of hydrogen-bond acceptors (Lipinski definition) is 7. The first-order chi connectivity index (χ1) is 16.9. The molecule has 1 aliphatic rings. The average Bonchev–Trinajstić information content (AvgIpc) is 3.10. The Morgan fingerprint density at radius 2 is 1.86 bits per heavy atom. The molecule has 3 aromatic carbocycles. The van der Waals surface area contributed by atoms with Gasteiger partial charge in [0.05, 0.1) is 23.6 Å². The second-order valence-electron chi connectivity index (χ2n) is 7.58. The first-order valence-electron chi connectivity index (χ1n) is 10.8. The lowest BCUT2D eigenvalue weighted by Crippen LogP contribution is -2.34. The van der Waals surface area contributed by atoms with Crippen molar-refractivity contribution in [3.8, 4) is 11.5 Å². The first kappa shape index (κ1) is 24.6. The maximum Gasteiger partial charge on any atom is 0.326 e. The molecule has 0 aliphatic carbocycles. The summed E-state index contributed by atoms with van der Waals surface area (Å²) in [5, 5.41) is 2.01. The number of halogens is 1. The van der Waals surface area contributed by atoms with E-state index in [1.54, 1.807) is 19.1 Å². The summed E-state index contributed by atoms with van der Waals surface area (Å²) in [6.07, 6.45) is 1.53. The van der Waals surface area contributed by atoms with Crippen LogP contribution in [-0.4, -0.2) is 42.3 Å². The van der Waals surface area contributed by atoms with Crippen molar-refractivity contribution in [2.75, 3.05) is 20.3 Å². The molecule has 9 heteroatoms. The van der Waals surface area contributed by atoms with Gasteiger partial charge in [-0.15, -0.1) is 0 Å². The second-order valence-corrected chi connectivity index (χ2v) is 8.98. The van der Waals surface area contributed by atoms with Crippen molar-refractivity contribution in [3.05, 3.63) is 75.7 Å². The van der Waals surface area contributed by atoms with Crippen LogP contribution in [0.3, 0.4) is 0 Å². The van der Waals surface area contributed by atoms with Gasteiger partial charge in [0, 0.05) is 0 Å². The van der Waals surface area contributed by atoms with Gasteiger partial charge in [0.25, 0.3) is 11.1 Å². The van der Waals surface area contributed by atoms with Crippen molar-refractivity contribution in [1.29, 1.82) is 0 Å². The lowest BCUT2D eigenvalue weighted by atomic mass is 10.1. The fourth-order valence-corrected chi connectivity index (χ4v) is 4.68. The Morgan fingerprint density at radius 3 is 2.60 bits per heavy atom. The van der Waals surface area contributed by atoms with Crippen LogP contribution in [0.5, 0.6) is 11.5 Å². The molecule has 7 nitrogen and oxygen atoms in total. The molecule has 1 fully saturated rings. The van der Waals surface area contributed by atoms with Crippen LogP contribution in [0, 0.1) is 0 Å². The number of methoxy groups -OCH3 is 1. The maximum atomic E-state index is 12.6. The van der Waals surface area contributed by atoms with E-state index in [4.69, 9.17) is 25.8 Å². The number of ether oxygens (including phenoxy) is 3. The molecule has 180 valence electrons. The predicted octanol–water partition coefficient (Wildman–Crippen LogP) is 5.68. The highest BCUT2D eigenvalue weighted by Gasteiger charge is 2.36. The zero-order valence-corrected chi connectivity index (χ0v) is 20.7. The number of fused-ring (bicyclic) bond motifs is 1. The van der Waals surface area contributed by atoms with Gasteiger partial charge in [0.1, 0.15) is 13.2 Å². The van der Waals surface area contributed by atoms with Crippen molar-refractivity contribution < 1.29 is 28.6 Å². The highest BCUT2D eigenvalue weighted by molar-refractivity contribution is 8.18. The number of esters is 1. The summed E-state index contributed by atoms with van der Waals surface area (Å²) in [6, 6.07) is 17.4. The van der Waals surface area contributed by atoms with E-state index in [9.17, 15) is 14.4 Å². The van der Waals surface area contributed by atoms with Gasteiger partial charge in [0.15, 0.2) is 11.5 Å². The van der Waals surface area contributed by atoms with Gasteiger partial charge in [-0.3, -0.25) is 19.3 Å². The second kappa shape index (κ2) is 10.8. The van der Waals surface area contributed by atoms with Crippen LogP contribution >= 0.6 is 23.4 Å². The van der Waals surface area contributed by atoms with Crippen LogP contribution < -0.4 is 9.47 Å². The van der Waals surface area contributed by atoms with Crippen LogP contribution in [0.2, 0.25) is 5.02 Å². The number of amides is 2. The van der Waals surface area contributed by atoms with Crippen molar-refractivity contribution >= 4 is 57.3 Å². The minimum atomic E-state index is -0.645. The molecule has 4 rings (SSSR count). The number of carbonyl (C=O) groups is 3. The summed E-state index contributed by atoms with van der Waals surface area (Å²) in [5.41, 5.74) is 1.52. The van der Waals surface area contributed by atoms with E-state index >= 15 is 0 Å². The predicted molar refractivity (Wildman–Crippen MR) is 136 cm³/mol. The number of hydrogen-bond donors (Lipinski definition) is 0. The van der Waals surface area contributed by atoms with Crippen LogP contribution in [0.4, 0.5) is 4.79 Å². The van der Waals surface area contributed by atoms with Crippen molar-refractivity contribution in [2.24, 2.45) is 0 Å². The third kappa shape index (κ3) is 5.61. The Morgan fingerprint density at radius 1 is 1.09 bits per heavy atom. The average molecular weight is 512 g/mol. The lowest BCUT2D eigenvalue weighted by Gasteiger charge is -2.14. The van der Waals surface area contributed by atoms with Gasteiger partial charge in [-0.05, 0) is 64.9 Å². The molecule has 0 N–H and O–H groups in total. The van der Waals surface area contributed by atoms with E-state index in [1.165, 1.54) is 13.2 Å². The smallest absolute Gasteiger partial charge is 0.326 e. The zero-order valence-electron chi connectivity index (χ0n) is 19.1. The number of benzene rings is 3. The highest BCUT2D eigenvalue weighted by Crippen LogP contribution is 2.39. The first-order valence-corrected chi connectivity index (χ1v) is 12.0. The molecule has 1 aliphatic heterocycles.